The lowest BCUT2D eigenvalue weighted by molar-refractivity contribution is 0.359. The fourth-order valence-electron chi connectivity index (χ4n) is 1.70. The second-order valence-electron chi connectivity index (χ2n) is 3.83. The third-order valence-electron chi connectivity index (χ3n) is 2.70. The van der Waals surface area contributed by atoms with E-state index in [0.29, 0.717) is 0 Å². The van der Waals surface area contributed by atoms with E-state index in [1.807, 2.05) is 0 Å². The normalized spacial score (nSPS) is 31.9. The fraction of sp³-hybridized carbons (Fsp3) is 0.800. The van der Waals surface area contributed by atoms with Gasteiger partial charge in [-0.2, -0.15) is 12.6 Å². The Balaban J connectivity index is 2.23. The average molecular weight is 185 g/mol. The molecule has 1 aliphatic rings. The summed E-state index contributed by atoms with van der Waals surface area (Å²) in [6.07, 6.45) is 4.34. The number of hydrogen-bond donors (Lipinski definition) is 1. The van der Waals surface area contributed by atoms with Crippen molar-refractivity contribution in [3.8, 4) is 0 Å². The van der Waals surface area contributed by atoms with Crippen molar-refractivity contribution in [1.82, 2.24) is 4.90 Å². The molecule has 0 saturated carbocycles. The SMILES string of the molecule is CC1CN(CC=CCS)CC1C. The first-order valence-corrected chi connectivity index (χ1v) is 5.35. The molecule has 0 N–H and O–H groups in total. The van der Waals surface area contributed by atoms with Crippen molar-refractivity contribution in [3.63, 3.8) is 0 Å². The van der Waals surface area contributed by atoms with E-state index in [1.165, 1.54) is 13.1 Å². The zero-order chi connectivity index (χ0) is 8.97. The van der Waals surface area contributed by atoms with Crippen molar-refractivity contribution < 1.29 is 0 Å². The van der Waals surface area contributed by atoms with Crippen LogP contribution in [0.4, 0.5) is 0 Å². The van der Waals surface area contributed by atoms with Gasteiger partial charge in [-0.05, 0) is 11.8 Å². The molecule has 0 radical (unpaired) electrons. The molecule has 1 fully saturated rings. The van der Waals surface area contributed by atoms with E-state index < -0.39 is 0 Å². The number of likely N-dealkylation sites (tertiary alicyclic amines) is 1. The Morgan fingerprint density at radius 3 is 2.33 bits per heavy atom. The van der Waals surface area contributed by atoms with Crippen molar-refractivity contribution in [2.24, 2.45) is 11.8 Å². The van der Waals surface area contributed by atoms with Crippen LogP contribution in [-0.2, 0) is 0 Å². The number of rotatable bonds is 3. The predicted molar refractivity (Wildman–Crippen MR) is 57.8 cm³/mol. The molecule has 0 aromatic heterocycles. The highest BCUT2D eigenvalue weighted by atomic mass is 32.1. The van der Waals surface area contributed by atoms with Gasteiger partial charge >= 0.3 is 0 Å². The lowest BCUT2D eigenvalue weighted by Crippen LogP contribution is -2.20. The summed E-state index contributed by atoms with van der Waals surface area (Å²) in [5.74, 6) is 2.60. The number of thiol groups is 1. The summed E-state index contributed by atoms with van der Waals surface area (Å²) in [5, 5.41) is 0. The third kappa shape index (κ3) is 2.83. The first-order valence-electron chi connectivity index (χ1n) is 4.72. The number of nitrogens with zero attached hydrogens (tertiary/aromatic N) is 1. The molecule has 0 bridgehead atoms. The maximum absolute atomic E-state index is 4.13. The van der Waals surface area contributed by atoms with E-state index >= 15 is 0 Å². The van der Waals surface area contributed by atoms with Crippen LogP contribution in [0.3, 0.4) is 0 Å². The molecule has 12 heavy (non-hydrogen) atoms. The minimum atomic E-state index is 0.860. The molecule has 1 nitrogen and oxygen atoms in total. The molecule has 1 heterocycles. The van der Waals surface area contributed by atoms with Gasteiger partial charge in [-0.3, -0.25) is 4.90 Å². The zero-order valence-electron chi connectivity index (χ0n) is 8.03. The van der Waals surface area contributed by atoms with Crippen LogP contribution < -0.4 is 0 Å². The van der Waals surface area contributed by atoms with Gasteiger partial charge in [0.2, 0.25) is 0 Å². The monoisotopic (exact) mass is 185 g/mol. The fourth-order valence-corrected chi connectivity index (χ4v) is 1.85. The molecule has 0 spiro atoms. The highest BCUT2D eigenvalue weighted by Crippen LogP contribution is 2.21. The summed E-state index contributed by atoms with van der Waals surface area (Å²) in [6, 6.07) is 0. The molecule has 1 aliphatic heterocycles. The second kappa shape index (κ2) is 4.93. The smallest absolute Gasteiger partial charge is 0.0163 e. The standard InChI is InChI=1S/C10H19NS/c1-9-7-11(8-10(9)2)5-3-4-6-12/h3-4,9-10,12H,5-8H2,1-2H3. The first-order chi connectivity index (χ1) is 5.74. The summed E-state index contributed by atoms with van der Waals surface area (Å²) < 4.78 is 0. The van der Waals surface area contributed by atoms with E-state index in [4.69, 9.17) is 0 Å². The molecule has 0 aromatic rings. The van der Waals surface area contributed by atoms with Gasteiger partial charge in [-0.15, -0.1) is 0 Å². The van der Waals surface area contributed by atoms with Crippen molar-refractivity contribution in [2.75, 3.05) is 25.4 Å². The van der Waals surface area contributed by atoms with E-state index in [-0.39, 0.29) is 0 Å². The molecule has 2 heteroatoms. The summed E-state index contributed by atoms with van der Waals surface area (Å²) in [6.45, 7) is 8.31. The van der Waals surface area contributed by atoms with Gasteiger partial charge in [0.25, 0.3) is 0 Å². The Labute approximate surface area is 81.2 Å². The largest absolute Gasteiger partial charge is 0.299 e. The van der Waals surface area contributed by atoms with Gasteiger partial charge in [-0.25, -0.2) is 0 Å². The molecule has 1 rings (SSSR count). The molecule has 0 aliphatic carbocycles. The Hall–Kier alpha value is 0.0500. The first kappa shape index (κ1) is 10.1. The second-order valence-corrected chi connectivity index (χ2v) is 4.19. The summed E-state index contributed by atoms with van der Waals surface area (Å²) in [7, 11) is 0. The van der Waals surface area contributed by atoms with Crippen molar-refractivity contribution >= 4 is 12.6 Å². The molecule has 2 unspecified atom stereocenters. The van der Waals surface area contributed by atoms with Crippen molar-refractivity contribution in [1.29, 1.82) is 0 Å². The molecule has 1 saturated heterocycles. The molecule has 70 valence electrons. The van der Waals surface area contributed by atoms with E-state index in [2.05, 4.69) is 43.5 Å². The average Bonchev–Trinajstić information content (AvgIpc) is 2.32. The Kier molecular flexibility index (Phi) is 4.16. The molecule has 2 atom stereocenters. The van der Waals surface area contributed by atoms with Gasteiger partial charge in [0.1, 0.15) is 0 Å². The summed E-state index contributed by atoms with van der Waals surface area (Å²) in [4.78, 5) is 2.51. The van der Waals surface area contributed by atoms with E-state index in [9.17, 15) is 0 Å². The van der Waals surface area contributed by atoms with Crippen LogP contribution in [0, 0.1) is 11.8 Å². The molecule has 0 amide bonds. The van der Waals surface area contributed by atoms with E-state index in [0.717, 1.165) is 24.1 Å². The van der Waals surface area contributed by atoms with Gasteiger partial charge in [0.05, 0.1) is 0 Å². The quantitative estimate of drug-likeness (QED) is 0.520. The van der Waals surface area contributed by atoms with Crippen LogP contribution >= 0.6 is 12.6 Å². The topological polar surface area (TPSA) is 3.24 Å². The van der Waals surface area contributed by atoms with Gasteiger partial charge in [0, 0.05) is 25.4 Å². The third-order valence-corrected chi connectivity index (χ3v) is 2.91. The number of hydrogen-bond acceptors (Lipinski definition) is 2. The van der Waals surface area contributed by atoms with Crippen molar-refractivity contribution in [3.05, 3.63) is 12.2 Å². The van der Waals surface area contributed by atoms with Crippen molar-refractivity contribution in [2.45, 2.75) is 13.8 Å². The predicted octanol–water partition coefficient (Wildman–Crippen LogP) is 2.06. The lowest BCUT2D eigenvalue weighted by Gasteiger charge is -2.11. The Bertz CT molecular complexity index is 146. The Morgan fingerprint density at radius 1 is 1.25 bits per heavy atom. The van der Waals surface area contributed by atoms with Gasteiger partial charge < -0.3 is 0 Å². The minimum Gasteiger partial charge on any atom is -0.299 e. The summed E-state index contributed by atoms with van der Waals surface area (Å²) in [5.41, 5.74) is 0. The molecular weight excluding hydrogens is 166 g/mol. The molecular formula is C10H19NS. The lowest BCUT2D eigenvalue weighted by atomic mass is 10.0. The van der Waals surface area contributed by atoms with Crippen LogP contribution in [-0.4, -0.2) is 30.3 Å². The van der Waals surface area contributed by atoms with E-state index in [1.54, 1.807) is 0 Å². The maximum Gasteiger partial charge on any atom is 0.0163 e. The minimum absolute atomic E-state index is 0.860. The zero-order valence-corrected chi connectivity index (χ0v) is 8.93. The maximum atomic E-state index is 4.13. The van der Waals surface area contributed by atoms with Crippen LogP contribution in [0.25, 0.3) is 0 Å². The van der Waals surface area contributed by atoms with Gasteiger partial charge in [-0.1, -0.05) is 26.0 Å². The highest BCUT2D eigenvalue weighted by Gasteiger charge is 2.24. The van der Waals surface area contributed by atoms with Crippen LogP contribution in [0.5, 0.6) is 0 Å². The Morgan fingerprint density at radius 2 is 1.83 bits per heavy atom. The highest BCUT2D eigenvalue weighted by molar-refractivity contribution is 7.80. The van der Waals surface area contributed by atoms with Gasteiger partial charge in [0.15, 0.2) is 0 Å². The molecule has 0 aromatic carbocycles. The van der Waals surface area contributed by atoms with Crippen LogP contribution in [0.1, 0.15) is 13.8 Å². The van der Waals surface area contributed by atoms with Crippen LogP contribution in [0.2, 0.25) is 0 Å². The van der Waals surface area contributed by atoms with Crippen LogP contribution in [0.15, 0.2) is 12.2 Å². The summed E-state index contributed by atoms with van der Waals surface area (Å²) >= 11 is 4.13.